The maximum absolute atomic E-state index is 12.3. The van der Waals surface area contributed by atoms with Crippen molar-refractivity contribution in [2.75, 3.05) is 11.3 Å². The normalized spacial score (nSPS) is 13.0. The molecule has 0 aliphatic heterocycles. The van der Waals surface area contributed by atoms with Gasteiger partial charge in [-0.2, -0.15) is 0 Å². The topological polar surface area (TPSA) is 84.2 Å². The first-order valence-electron chi connectivity index (χ1n) is 6.79. The third kappa shape index (κ3) is 4.05. The number of hydrogen-bond donors (Lipinski definition) is 2. The number of benzene rings is 1. The minimum atomic E-state index is -3.66. The number of aromatic nitrogens is 1. The van der Waals surface area contributed by atoms with E-state index in [1.165, 1.54) is 12.3 Å². The maximum Gasteiger partial charge on any atom is 0.263 e. The predicted molar refractivity (Wildman–Crippen MR) is 80.5 cm³/mol. The Morgan fingerprint density at radius 3 is 2.81 bits per heavy atom. The molecule has 6 nitrogen and oxygen atoms in total. The zero-order chi connectivity index (χ0) is 15.3. The van der Waals surface area contributed by atoms with Crippen molar-refractivity contribution in [3.63, 3.8) is 0 Å². The minimum Gasteiger partial charge on any atom is -0.363 e. The summed E-state index contributed by atoms with van der Waals surface area (Å²) in [7, 11) is -3.66. The summed E-state index contributed by atoms with van der Waals surface area (Å²) in [6.45, 7) is 4.98. The molecule has 1 heterocycles. The molecule has 1 atom stereocenters. The Balaban J connectivity index is 2.20. The third-order valence-corrected chi connectivity index (χ3v) is 4.40. The summed E-state index contributed by atoms with van der Waals surface area (Å²) in [5, 5.41) is 6.88. The van der Waals surface area contributed by atoms with Crippen molar-refractivity contribution in [3.05, 3.63) is 42.2 Å². The fourth-order valence-corrected chi connectivity index (χ4v) is 2.94. The second-order valence-electron chi connectivity index (χ2n) is 4.74. The molecule has 7 heteroatoms. The van der Waals surface area contributed by atoms with Crippen molar-refractivity contribution >= 4 is 15.8 Å². The molecule has 0 radical (unpaired) electrons. The zero-order valence-electron chi connectivity index (χ0n) is 12.0. The average Bonchev–Trinajstić information content (AvgIpc) is 2.97. The van der Waals surface area contributed by atoms with E-state index in [1.807, 2.05) is 13.0 Å². The smallest absolute Gasteiger partial charge is 0.263 e. The second kappa shape index (κ2) is 6.73. The summed E-state index contributed by atoms with van der Waals surface area (Å²) >= 11 is 0. The molecule has 2 aromatic rings. The largest absolute Gasteiger partial charge is 0.363 e. The molecule has 0 aliphatic carbocycles. The molecule has 1 aromatic carbocycles. The fourth-order valence-electron chi connectivity index (χ4n) is 1.89. The van der Waals surface area contributed by atoms with E-state index >= 15 is 0 Å². The van der Waals surface area contributed by atoms with E-state index in [4.69, 9.17) is 0 Å². The van der Waals surface area contributed by atoms with Gasteiger partial charge in [0.05, 0.1) is 4.90 Å². The van der Waals surface area contributed by atoms with Gasteiger partial charge in [0, 0.05) is 12.1 Å². The van der Waals surface area contributed by atoms with Crippen LogP contribution in [0.3, 0.4) is 0 Å². The van der Waals surface area contributed by atoms with E-state index in [-0.39, 0.29) is 16.8 Å². The highest BCUT2D eigenvalue weighted by Crippen LogP contribution is 2.19. The summed E-state index contributed by atoms with van der Waals surface area (Å²) in [5.41, 5.74) is 0.923. The van der Waals surface area contributed by atoms with Crippen LogP contribution < -0.4 is 10.0 Å². The van der Waals surface area contributed by atoms with Crippen molar-refractivity contribution < 1.29 is 12.9 Å². The molecule has 2 rings (SSSR count). The van der Waals surface area contributed by atoms with Gasteiger partial charge < -0.3 is 9.84 Å². The summed E-state index contributed by atoms with van der Waals surface area (Å²) in [6, 6.07) is 8.40. The molecule has 0 saturated carbocycles. The lowest BCUT2D eigenvalue weighted by molar-refractivity contribution is 0.423. The third-order valence-electron chi connectivity index (χ3n) is 3.05. The van der Waals surface area contributed by atoms with Gasteiger partial charge in [-0.1, -0.05) is 24.2 Å². The lowest BCUT2D eigenvalue weighted by Crippen LogP contribution is -2.20. The summed E-state index contributed by atoms with van der Waals surface area (Å²) < 4.78 is 31.5. The highest BCUT2D eigenvalue weighted by Gasteiger charge is 2.17. The van der Waals surface area contributed by atoms with Crippen LogP contribution in [0.25, 0.3) is 0 Å². The number of rotatable bonds is 7. The van der Waals surface area contributed by atoms with E-state index < -0.39 is 10.0 Å². The Labute approximate surface area is 124 Å². The van der Waals surface area contributed by atoms with Crippen molar-refractivity contribution in [3.8, 4) is 0 Å². The van der Waals surface area contributed by atoms with Crippen LogP contribution in [0.4, 0.5) is 5.82 Å². The molecular formula is C14H19N3O3S. The van der Waals surface area contributed by atoms with Crippen LogP contribution in [-0.2, 0) is 10.0 Å². The first-order valence-corrected chi connectivity index (χ1v) is 8.28. The molecule has 0 bridgehead atoms. The van der Waals surface area contributed by atoms with Gasteiger partial charge in [0.1, 0.15) is 6.26 Å². The lowest BCUT2D eigenvalue weighted by Gasteiger charge is -2.14. The Morgan fingerprint density at radius 1 is 1.33 bits per heavy atom. The lowest BCUT2D eigenvalue weighted by atomic mass is 10.1. The van der Waals surface area contributed by atoms with Gasteiger partial charge in [0.2, 0.25) is 0 Å². The van der Waals surface area contributed by atoms with Crippen LogP contribution in [-0.4, -0.2) is 20.1 Å². The van der Waals surface area contributed by atoms with E-state index in [9.17, 15) is 8.42 Å². The zero-order valence-corrected chi connectivity index (χ0v) is 12.9. The number of hydrogen-bond acceptors (Lipinski definition) is 5. The Morgan fingerprint density at radius 2 is 2.14 bits per heavy atom. The second-order valence-corrected chi connectivity index (χ2v) is 6.42. The van der Waals surface area contributed by atoms with Crippen molar-refractivity contribution in [2.45, 2.75) is 31.2 Å². The van der Waals surface area contributed by atoms with Gasteiger partial charge in [-0.15, -0.1) is 0 Å². The van der Waals surface area contributed by atoms with Crippen molar-refractivity contribution in [2.24, 2.45) is 0 Å². The van der Waals surface area contributed by atoms with Crippen LogP contribution in [0.15, 0.2) is 46.0 Å². The molecule has 0 spiro atoms. The van der Waals surface area contributed by atoms with Crippen molar-refractivity contribution in [1.29, 1.82) is 0 Å². The van der Waals surface area contributed by atoms with Crippen molar-refractivity contribution in [1.82, 2.24) is 10.5 Å². The van der Waals surface area contributed by atoms with Crippen LogP contribution in [0, 0.1) is 0 Å². The van der Waals surface area contributed by atoms with E-state index in [2.05, 4.69) is 26.6 Å². The fraction of sp³-hybridized carbons (Fsp3) is 0.357. The summed E-state index contributed by atoms with van der Waals surface area (Å²) in [6.07, 6.45) is 2.33. The predicted octanol–water partition coefficient (Wildman–Crippen LogP) is 2.54. The number of sulfonamides is 1. The molecule has 2 N–H and O–H groups in total. The summed E-state index contributed by atoms with van der Waals surface area (Å²) in [5.74, 6) is 0.164. The van der Waals surface area contributed by atoms with Crippen LogP contribution >= 0.6 is 0 Å². The molecular weight excluding hydrogens is 290 g/mol. The number of anilines is 1. The quantitative estimate of drug-likeness (QED) is 0.821. The molecule has 114 valence electrons. The first kappa shape index (κ1) is 15.5. The van der Waals surface area contributed by atoms with Crippen LogP contribution in [0.2, 0.25) is 0 Å². The van der Waals surface area contributed by atoms with E-state index in [1.54, 1.807) is 18.2 Å². The summed E-state index contributed by atoms with van der Waals surface area (Å²) in [4.78, 5) is 0.202. The molecule has 1 aromatic heterocycles. The number of nitrogens with zero attached hydrogens (tertiary/aromatic N) is 1. The van der Waals surface area contributed by atoms with Gasteiger partial charge in [-0.25, -0.2) is 8.42 Å². The standard InChI is InChI=1S/C14H19N3O3S/c1-3-8-15-11(2)12-5-4-6-13(10-12)21(18,19)17-14-7-9-20-16-14/h4-7,9-11,15H,3,8H2,1-2H3,(H,16,17). The Bertz CT molecular complexity index is 669. The Hall–Kier alpha value is -1.86. The van der Waals surface area contributed by atoms with E-state index in [0.29, 0.717) is 0 Å². The number of nitrogens with one attached hydrogen (secondary N) is 2. The minimum absolute atomic E-state index is 0.0900. The van der Waals surface area contributed by atoms with Gasteiger partial charge >= 0.3 is 0 Å². The average molecular weight is 309 g/mol. The maximum atomic E-state index is 12.3. The molecule has 0 amide bonds. The highest BCUT2D eigenvalue weighted by atomic mass is 32.2. The van der Waals surface area contributed by atoms with Gasteiger partial charge in [0.15, 0.2) is 5.82 Å². The van der Waals surface area contributed by atoms with Gasteiger partial charge in [-0.3, -0.25) is 4.72 Å². The van der Waals surface area contributed by atoms with E-state index in [0.717, 1.165) is 18.5 Å². The van der Waals surface area contributed by atoms with Crippen LogP contribution in [0.5, 0.6) is 0 Å². The molecule has 0 aliphatic rings. The SMILES string of the molecule is CCCNC(C)c1cccc(S(=O)(=O)Nc2ccon2)c1. The first-order chi connectivity index (χ1) is 10.0. The van der Waals surface area contributed by atoms with Gasteiger partial charge in [0.25, 0.3) is 10.0 Å². The molecule has 1 unspecified atom stereocenters. The molecule has 0 saturated heterocycles. The Kier molecular flexibility index (Phi) is 4.98. The highest BCUT2D eigenvalue weighted by molar-refractivity contribution is 7.92. The van der Waals surface area contributed by atoms with Crippen LogP contribution in [0.1, 0.15) is 31.9 Å². The van der Waals surface area contributed by atoms with Gasteiger partial charge in [-0.05, 0) is 37.6 Å². The monoisotopic (exact) mass is 309 g/mol. The molecule has 21 heavy (non-hydrogen) atoms. The molecule has 0 fully saturated rings.